The van der Waals surface area contributed by atoms with Gasteiger partial charge in [0.1, 0.15) is 0 Å². The lowest BCUT2D eigenvalue weighted by molar-refractivity contribution is 0.0948. The van der Waals surface area contributed by atoms with Gasteiger partial charge in [-0.3, -0.25) is 4.79 Å². The molecule has 0 spiro atoms. The quantitative estimate of drug-likeness (QED) is 0.842. The average molecular weight is 332 g/mol. The van der Waals surface area contributed by atoms with Gasteiger partial charge in [0.2, 0.25) is 0 Å². The minimum atomic E-state index is -3.84. The molecule has 0 bridgehead atoms. The van der Waals surface area contributed by atoms with Crippen LogP contribution in [0.4, 0.5) is 0 Å². The van der Waals surface area contributed by atoms with Crippen molar-refractivity contribution in [3.63, 3.8) is 0 Å². The molecule has 0 atom stereocenters. The second-order valence-corrected chi connectivity index (χ2v) is 8.74. The van der Waals surface area contributed by atoms with Crippen LogP contribution in [0.3, 0.4) is 0 Å². The highest BCUT2D eigenvalue weighted by Gasteiger charge is 2.17. The Morgan fingerprint density at radius 3 is 2.38 bits per heavy atom. The van der Waals surface area contributed by atoms with Gasteiger partial charge in [0.05, 0.1) is 4.90 Å². The van der Waals surface area contributed by atoms with Crippen LogP contribution in [0.15, 0.2) is 23.1 Å². The van der Waals surface area contributed by atoms with E-state index in [9.17, 15) is 13.2 Å². The summed E-state index contributed by atoms with van der Waals surface area (Å²) in [4.78, 5) is 12.2. The van der Waals surface area contributed by atoms with Gasteiger partial charge in [-0.1, -0.05) is 33.8 Å². The molecular formula is C15H22ClNO3S. The zero-order valence-electron chi connectivity index (χ0n) is 12.9. The molecular weight excluding hydrogens is 310 g/mol. The van der Waals surface area contributed by atoms with Crippen LogP contribution in [-0.4, -0.2) is 20.9 Å². The molecule has 0 unspecified atom stereocenters. The van der Waals surface area contributed by atoms with Crippen molar-refractivity contribution in [2.75, 3.05) is 6.54 Å². The van der Waals surface area contributed by atoms with Crippen molar-refractivity contribution in [3.05, 3.63) is 29.3 Å². The predicted molar refractivity (Wildman–Crippen MR) is 85.3 cm³/mol. The van der Waals surface area contributed by atoms with Crippen molar-refractivity contribution >= 4 is 25.6 Å². The van der Waals surface area contributed by atoms with Gasteiger partial charge in [-0.05, 0) is 36.0 Å². The summed E-state index contributed by atoms with van der Waals surface area (Å²) < 4.78 is 22.8. The standard InChI is InChI=1S/C15H22ClNO3S/c1-5-11-6-7-12(21(16,19)20)10-13(11)14(18)17-9-8-15(2,3)4/h6-7,10H,5,8-9H2,1-4H3,(H,17,18). The van der Waals surface area contributed by atoms with Gasteiger partial charge in [-0.25, -0.2) is 8.42 Å². The number of halogens is 1. The smallest absolute Gasteiger partial charge is 0.261 e. The predicted octanol–water partition coefficient (Wildman–Crippen LogP) is 3.34. The van der Waals surface area contributed by atoms with Crippen molar-refractivity contribution in [2.45, 2.75) is 45.4 Å². The molecule has 118 valence electrons. The highest BCUT2D eigenvalue weighted by molar-refractivity contribution is 8.13. The monoisotopic (exact) mass is 331 g/mol. The molecule has 4 nitrogen and oxygen atoms in total. The Morgan fingerprint density at radius 2 is 1.90 bits per heavy atom. The second kappa shape index (κ2) is 6.79. The molecule has 0 aliphatic heterocycles. The first kappa shape index (κ1) is 18.0. The Kier molecular flexibility index (Phi) is 5.82. The lowest BCUT2D eigenvalue weighted by Gasteiger charge is -2.18. The molecule has 0 heterocycles. The SMILES string of the molecule is CCc1ccc(S(=O)(=O)Cl)cc1C(=O)NCCC(C)(C)C. The number of hydrogen-bond donors (Lipinski definition) is 1. The van der Waals surface area contributed by atoms with E-state index in [-0.39, 0.29) is 16.2 Å². The van der Waals surface area contributed by atoms with E-state index in [0.717, 1.165) is 12.0 Å². The number of carbonyl (C=O) groups excluding carboxylic acids is 1. The number of aryl methyl sites for hydroxylation is 1. The van der Waals surface area contributed by atoms with Crippen LogP contribution in [0.2, 0.25) is 0 Å². The van der Waals surface area contributed by atoms with Crippen molar-refractivity contribution in [1.29, 1.82) is 0 Å². The molecule has 0 saturated carbocycles. The maximum absolute atomic E-state index is 12.2. The molecule has 21 heavy (non-hydrogen) atoms. The molecule has 1 aromatic carbocycles. The second-order valence-electron chi connectivity index (χ2n) is 6.18. The Bertz CT molecular complexity index is 618. The van der Waals surface area contributed by atoms with Crippen LogP contribution in [0.5, 0.6) is 0 Å². The Morgan fingerprint density at radius 1 is 1.29 bits per heavy atom. The summed E-state index contributed by atoms with van der Waals surface area (Å²) in [7, 11) is 1.50. The zero-order valence-corrected chi connectivity index (χ0v) is 14.4. The van der Waals surface area contributed by atoms with E-state index in [2.05, 4.69) is 26.1 Å². The van der Waals surface area contributed by atoms with Crippen molar-refractivity contribution in [2.24, 2.45) is 5.41 Å². The highest BCUT2D eigenvalue weighted by Crippen LogP contribution is 2.21. The van der Waals surface area contributed by atoms with Crippen LogP contribution in [0.25, 0.3) is 0 Å². The lowest BCUT2D eigenvalue weighted by atomic mass is 9.92. The van der Waals surface area contributed by atoms with Gasteiger partial charge in [0.15, 0.2) is 0 Å². The van der Waals surface area contributed by atoms with E-state index in [4.69, 9.17) is 10.7 Å². The number of benzene rings is 1. The maximum Gasteiger partial charge on any atom is 0.261 e. The Labute approximate surface area is 131 Å². The van der Waals surface area contributed by atoms with E-state index in [0.29, 0.717) is 18.5 Å². The summed E-state index contributed by atoms with van der Waals surface area (Å²) in [6.45, 7) is 8.74. The van der Waals surface area contributed by atoms with E-state index in [1.807, 2.05) is 6.92 Å². The first-order valence-corrected chi connectivity index (χ1v) is 9.21. The molecule has 6 heteroatoms. The third-order valence-electron chi connectivity index (χ3n) is 3.15. The third kappa shape index (κ3) is 5.67. The van der Waals surface area contributed by atoms with E-state index < -0.39 is 9.05 Å². The minimum absolute atomic E-state index is 0.0534. The molecule has 1 N–H and O–H groups in total. The molecule has 0 aliphatic carbocycles. The van der Waals surface area contributed by atoms with Crippen molar-refractivity contribution in [3.8, 4) is 0 Å². The summed E-state index contributed by atoms with van der Waals surface area (Å²) in [5, 5.41) is 2.83. The van der Waals surface area contributed by atoms with Gasteiger partial charge in [0, 0.05) is 22.8 Å². The van der Waals surface area contributed by atoms with E-state index in [1.165, 1.54) is 12.1 Å². The number of rotatable bonds is 5. The zero-order chi connectivity index (χ0) is 16.3. The molecule has 0 radical (unpaired) electrons. The fraction of sp³-hybridized carbons (Fsp3) is 0.533. The lowest BCUT2D eigenvalue weighted by Crippen LogP contribution is -2.28. The molecule has 1 rings (SSSR count). The number of carbonyl (C=O) groups is 1. The maximum atomic E-state index is 12.2. The van der Waals surface area contributed by atoms with E-state index in [1.54, 1.807) is 6.07 Å². The molecule has 0 aliphatic rings. The summed E-state index contributed by atoms with van der Waals surface area (Å²) in [6, 6.07) is 4.40. The Balaban J connectivity index is 2.96. The van der Waals surface area contributed by atoms with Crippen LogP contribution in [0.1, 0.15) is 50.0 Å². The van der Waals surface area contributed by atoms with Crippen LogP contribution < -0.4 is 5.32 Å². The summed E-state index contributed by atoms with van der Waals surface area (Å²) in [5.41, 5.74) is 1.29. The van der Waals surface area contributed by atoms with Crippen molar-refractivity contribution < 1.29 is 13.2 Å². The molecule has 0 fully saturated rings. The first-order valence-electron chi connectivity index (χ1n) is 6.90. The molecule has 0 aromatic heterocycles. The van der Waals surface area contributed by atoms with Gasteiger partial charge >= 0.3 is 0 Å². The molecule has 1 amide bonds. The molecule has 1 aromatic rings. The minimum Gasteiger partial charge on any atom is -0.352 e. The Hall–Kier alpha value is -1.07. The van der Waals surface area contributed by atoms with Crippen LogP contribution >= 0.6 is 10.7 Å². The fourth-order valence-corrected chi connectivity index (χ4v) is 2.65. The summed E-state index contributed by atoms with van der Waals surface area (Å²) >= 11 is 0. The van der Waals surface area contributed by atoms with Crippen molar-refractivity contribution in [1.82, 2.24) is 5.32 Å². The largest absolute Gasteiger partial charge is 0.352 e. The molecule has 0 saturated heterocycles. The number of hydrogen-bond acceptors (Lipinski definition) is 3. The van der Waals surface area contributed by atoms with Gasteiger partial charge in [-0.15, -0.1) is 0 Å². The number of nitrogens with one attached hydrogen (secondary N) is 1. The average Bonchev–Trinajstić information content (AvgIpc) is 2.35. The third-order valence-corrected chi connectivity index (χ3v) is 4.50. The van der Waals surface area contributed by atoms with Gasteiger partial charge in [0.25, 0.3) is 15.0 Å². The summed E-state index contributed by atoms with van der Waals surface area (Å²) in [6.07, 6.45) is 1.48. The topological polar surface area (TPSA) is 63.2 Å². The van der Waals surface area contributed by atoms with E-state index >= 15 is 0 Å². The van der Waals surface area contributed by atoms with Gasteiger partial charge in [-0.2, -0.15) is 0 Å². The first-order chi connectivity index (χ1) is 9.54. The normalized spacial score (nSPS) is 12.2. The summed E-state index contributed by atoms with van der Waals surface area (Å²) in [5.74, 6) is -0.265. The highest BCUT2D eigenvalue weighted by atomic mass is 35.7. The fourth-order valence-electron chi connectivity index (χ4n) is 1.87. The van der Waals surface area contributed by atoms with Gasteiger partial charge < -0.3 is 5.32 Å². The number of amides is 1. The van der Waals surface area contributed by atoms with Crippen LogP contribution in [-0.2, 0) is 15.5 Å². The van der Waals surface area contributed by atoms with Crippen LogP contribution in [0, 0.1) is 5.41 Å².